The van der Waals surface area contributed by atoms with Crippen LogP contribution < -0.4 is 14.7 Å². The summed E-state index contributed by atoms with van der Waals surface area (Å²) in [6.07, 6.45) is 0. The molecule has 0 radical (unpaired) electrons. The summed E-state index contributed by atoms with van der Waals surface area (Å²) in [6.45, 7) is 0. The summed E-state index contributed by atoms with van der Waals surface area (Å²) in [4.78, 5) is 7.14. The van der Waals surface area contributed by atoms with E-state index in [2.05, 4.69) is 310 Å². The highest BCUT2D eigenvalue weighted by atomic mass is 32.1. The first-order valence-electron chi connectivity index (χ1n) is 25.5. The maximum absolute atomic E-state index is 2.42. The van der Waals surface area contributed by atoms with Crippen molar-refractivity contribution in [2.24, 2.45) is 0 Å². The van der Waals surface area contributed by atoms with Crippen molar-refractivity contribution in [2.75, 3.05) is 14.7 Å². The first kappa shape index (κ1) is 44.1. The molecule has 0 saturated carbocycles. The molecule has 0 N–H and O–H groups in total. The molecule has 0 aliphatic heterocycles. The minimum absolute atomic E-state index is 1.07. The minimum atomic E-state index is 1.07. The van der Waals surface area contributed by atoms with E-state index in [-0.39, 0.29) is 0 Å². The zero-order valence-electron chi connectivity index (χ0n) is 40.9. The predicted molar refractivity (Wildman–Crippen MR) is 321 cm³/mol. The van der Waals surface area contributed by atoms with E-state index in [1.807, 2.05) is 11.3 Å². The molecule has 12 aromatic carbocycles. The predicted octanol–water partition coefficient (Wildman–Crippen LogP) is 20.4. The first-order chi connectivity index (χ1) is 37.2. The Hall–Kier alpha value is -9.68. The van der Waals surface area contributed by atoms with Crippen LogP contribution in [0.2, 0.25) is 0 Å². The topological polar surface area (TPSA) is 14.7 Å². The Balaban J connectivity index is 0.966. The summed E-state index contributed by atoms with van der Waals surface area (Å²) in [5.41, 5.74) is 15.7. The summed E-state index contributed by atoms with van der Waals surface area (Å²) < 4.78 is 4.91. The average molecular weight is 977 g/mol. The second-order valence-electron chi connectivity index (χ2n) is 18.9. The van der Waals surface area contributed by atoms with Gasteiger partial charge in [0.25, 0.3) is 0 Å². The third-order valence-corrected chi connectivity index (χ3v) is 15.7. The van der Waals surface area contributed by atoms with Crippen molar-refractivity contribution in [1.82, 2.24) is 4.57 Å². The minimum Gasteiger partial charge on any atom is -0.310 e. The van der Waals surface area contributed by atoms with Crippen LogP contribution in [0.15, 0.2) is 291 Å². The zero-order chi connectivity index (χ0) is 49.7. The van der Waals surface area contributed by atoms with Gasteiger partial charge < -0.3 is 19.3 Å². The van der Waals surface area contributed by atoms with Gasteiger partial charge in [-0.25, -0.2) is 0 Å². The summed E-state index contributed by atoms with van der Waals surface area (Å²) >= 11 is 1.88. The molecular weight excluding hydrogens is 929 g/mol. The quantitative estimate of drug-likeness (QED) is 0.128. The van der Waals surface area contributed by atoms with Gasteiger partial charge in [0, 0.05) is 93.4 Å². The number of para-hydroxylation sites is 6. The smallest absolute Gasteiger partial charge is 0.0561 e. The van der Waals surface area contributed by atoms with E-state index in [1.54, 1.807) is 0 Å². The van der Waals surface area contributed by atoms with Crippen LogP contribution in [0.1, 0.15) is 0 Å². The molecule has 0 saturated heterocycles. The Morgan fingerprint density at radius 3 is 1.31 bits per heavy atom. The molecule has 0 bridgehead atoms. The highest BCUT2D eigenvalue weighted by molar-refractivity contribution is 7.26. The molecule has 0 aliphatic rings. The van der Waals surface area contributed by atoms with Crippen LogP contribution in [0.5, 0.6) is 0 Å². The van der Waals surface area contributed by atoms with Gasteiger partial charge in [-0.05, 0) is 144 Å². The lowest BCUT2D eigenvalue weighted by Crippen LogP contribution is -2.10. The average Bonchev–Trinajstić information content (AvgIpc) is 4.06. The maximum Gasteiger partial charge on any atom is 0.0561 e. The standard InChI is InChI=1S/C70H48N4S/c1-7-24-50(25-8-1)71(51-26-9-2-10-27-51)56-40-43-67-64(44-56)62-41-38-57(47-68(62)74(67)55-34-17-6-18-35-55)73(54-32-15-5-16-33-54)58-39-42-63-66-46-59(72(52-28-11-3-12-29-52)53-30-13-4-14-31-53)45-65(70(66)75-69(63)48-58)61-37-21-23-49-22-19-20-36-60(49)61/h1-48H. The Kier molecular flexibility index (Phi) is 11.0. The number of fused-ring (bicyclic) bond motifs is 7. The van der Waals surface area contributed by atoms with Crippen molar-refractivity contribution in [1.29, 1.82) is 0 Å². The van der Waals surface area contributed by atoms with Crippen molar-refractivity contribution in [3.05, 3.63) is 291 Å². The summed E-state index contributed by atoms with van der Waals surface area (Å²) in [5.74, 6) is 0. The molecule has 0 amide bonds. The molecule has 75 heavy (non-hydrogen) atoms. The fraction of sp³-hybridized carbons (Fsp3) is 0. The number of benzene rings is 12. The second kappa shape index (κ2) is 18.7. The van der Waals surface area contributed by atoms with Gasteiger partial charge in [0.1, 0.15) is 0 Å². The van der Waals surface area contributed by atoms with Crippen LogP contribution >= 0.6 is 11.3 Å². The molecule has 354 valence electrons. The fourth-order valence-corrected chi connectivity index (χ4v) is 12.4. The van der Waals surface area contributed by atoms with E-state index in [1.165, 1.54) is 52.8 Å². The molecule has 14 rings (SSSR count). The van der Waals surface area contributed by atoms with Crippen molar-refractivity contribution in [3.8, 4) is 16.8 Å². The van der Waals surface area contributed by atoms with Crippen molar-refractivity contribution in [2.45, 2.75) is 0 Å². The molecule has 4 nitrogen and oxygen atoms in total. The van der Waals surface area contributed by atoms with E-state index in [0.29, 0.717) is 0 Å². The highest BCUT2D eigenvalue weighted by Crippen LogP contribution is 2.49. The third-order valence-electron chi connectivity index (χ3n) is 14.5. The Morgan fingerprint density at radius 1 is 0.253 bits per heavy atom. The fourth-order valence-electron chi connectivity index (χ4n) is 11.1. The van der Waals surface area contributed by atoms with Crippen LogP contribution in [-0.2, 0) is 0 Å². The van der Waals surface area contributed by atoms with Crippen LogP contribution in [0, 0.1) is 0 Å². The molecule has 0 aliphatic carbocycles. The number of aromatic nitrogens is 1. The lowest BCUT2D eigenvalue weighted by molar-refractivity contribution is 1.18. The zero-order valence-corrected chi connectivity index (χ0v) is 41.7. The van der Waals surface area contributed by atoms with Crippen LogP contribution in [0.25, 0.3) is 69.6 Å². The van der Waals surface area contributed by atoms with Gasteiger partial charge >= 0.3 is 0 Å². The number of hydrogen-bond donors (Lipinski definition) is 0. The summed E-state index contributed by atoms with van der Waals surface area (Å²) in [7, 11) is 0. The normalized spacial score (nSPS) is 11.5. The van der Waals surface area contributed by atoms with Gasteiger partial charge in [-0.2, -0.15) is 0 Å². The SMILES string of the molecule is c1ccc(N(c2ccccc2)c2cc(-c3cccc4ccccc34)c3sc4cc(N(c5ccccc5)c5ccc6c7cc(N(c8ccccc8)c8ccccc8)ccc7n(-c7ccccc7)c6c5)ccc4c3c2)cc1. The summed E-state index contributed by atoms with van der Waals surface area (Å²) in [5, 5.41) is 7.30. The monoisotopic (exact) mass is 976 g/mol. The molecule has 0 spiro atoms. The third kappa shape index (κ3) is 7.86. The number of nitrogens with zero attached hydrogens (tertiary/aromatic N) is 4. The van der Waals surface area contributed by atoms with E-state index in [9.17, 15) is 0 Å². The Bertz CT molecular complexity index is 4260. The van der Waals surface area contributed by atoms with E-state index in [0.717, 1.165) is 67.9 Å². The lowest BCUT2D eigenvalue weighted by atomic mass is 9.96. The maximum atomic E-state index is 2.42. The van der Waals surface area contributed by atoms with Gasteiger partial charge in [-0.3, -0.25) is 0 Å². The number of rotatable bonds is 11. The number of anilines is 9. The van der Waals surface area contributed by atoms with Gasteiger partial charge in [0.2, 0.25) is 0 Å². The molecule has 2 aromatic heterocycles. The van der Waals surface area contributed by atoms with Gasteiger partial charge in [0.05, 0.1) is 11.0 Å². The second-order valence-corrected chi connectivity index (χ2v) is 20.0. The van der Waals surface area contributed by atoms with Crippen LogP contribution in [0.3, 0.4) is 0 Å². The van der Waals surface area contributed by atoms with Crippen LogP contribution in [-0.4, -0.2) is 4.57 Å². The molecule has 2 heterocycles. The number of thiophene rings is 1. The molecule has 0 fully saturated rings. The van der Waals surface area contributed by atoms with Crippen molar-refractivity contribution in [3.63, 3.8) is 0 Å². The van der Waals surface area contributed by atoms with E-state index < -0.39 is 0 Å². The van der Waals surface area contributed by atoms with Crippen LogP contribution in [0.4, 0.5) is 51.2 Å². The molecule has 14 aromatic rings. The molecule has 0 unspecified atom stereocenters. The molecule has 5 heteroatoms. The highest BCUT2D eigenvalue weighted by Gasteiger charge is 2.23. The Labute approximate surface area is 440 Å². The molecule has 0 atom stereocenters. The van der Waals surface area contributed by atoms with Crippen molar-refractivity contribution >= 4 is 115 Å². The first-order valence-corrected chi connectivity index (χ1v) is 26.3. The number of hydrogen-bond acceptors (Lipinski definition) is 4. The Morgan fingerprint density at radius 2 is 0.707 bits per heavy atom. The van der Waals surface area contributed by atoms with Gasteiger partial charge in [-0.1, -0.05) is 164 Å². The largest absolute Gasteiger partial charge is 0.310 e. The summed E-state index contributed by atoms with van der Waals surface area (Å²) in [6, 6.07) is 106. The van der Waals surface area contributed by atoms with Gasteiger partial charge in [0.15, 0.2) is 0 Å². The van der Waals surface area contributed by atoms with Crippen molar-refractivity contribution < 1.29 is 0 Å². The van der Waals surface area contributed by atoms with E-state index in [4.69, 9.17) is 0 Å². The molecular formula is C70H48N4S. The van der Waals surface area contributed by atoms with Gasteiger partial charge in [-0.15, -0.1) is 11.3 Å². The lowest BCUT2D eigenvalue weighted by Gasteiger charge is -2.26. The van der Waals surface area contributed by atoms with E-state index >= 15 is 0 Å².